The smallest absolute Gasteiger partial charge is 0.312 e. The first-order valence-electron chi connectivity index (χ1n) is 12.4. The molecule has 7 nitrogen and oxygen atoms in total. The number of likely N-dealkylation sites (tertiary alicyclic amines) is 1. The summed E-state index contributed by atoms with van der Waals surface area (Å²) in [4.78, 5) is 19.6. The highest BCUT2D eigenvalue weighted by Crippen LogP contribution is 2.31. The van der Waals surface area contributed by atoms with Gasteiger partial charge in [-0.05, 0) is 60.3 Å². The third-order valence-electron chi connectivity index (χ3n) is 7.02. The van der Waals surface area contributed by atoms with Crippen molar-refractivity contribution in [3.05, 3.63) is 78.1 Å². The van der Waals surface area contributed by atoms with E-state index in [9.17, 15) is 9.90 Å². The van der Waals surface area contributed by atoms with Crippen molar-refractivity contribution in [3.63, 3.8) is 0 Å². The molecule has 0 aliphatic carbocycles. The number of hydrogen-bond donors (Lipinski definition) is 1. The summed E-state index contributed by atoms with van der Waals surface area (Å²) in [5.74, 6) is 0.906. The number of benzene rings is 3. The zero-order valence-electron chi connectivity index (χ0n) is 20.7. The van der Waals surface area contributed by atoms with E-state index in [1.165, 1.54) is 30.5 Å². The Morgan fingerprint density at radius 2 is 1.86 bits per heavy atom. The van der Waals surface area contributed by atoms with E-state index in [1.54, 1.807) is 18.2 Å². The van der Waals surface area contributed by atoms with Crippen LogP contribution in [0.4, 0.5) is 0 Å². The molecule has 36 heavy (non-hydrogen) atoms. The molecule has 0 spiro atoms. The first kappa shape index (κ1) is 24.3. The summed E-state index contributed by atoms with van der Waals surface area (Å²) in [5, 5.41) is 15.0. The minimum Gasteiger partial charge on any atom is -0.490 e. The second-order valence-corrected chi connectivity index (χ2v) is 9.41. The second kappa shape index (κ2) is 10.7. The molecule has 0 radical (unpaired) electrons. The highest BCUT2D eigenvalue weighted by molar-refractivity contribution is 5.97. The third-order valence-corrected chi connectivity index (χ3v) is 7.02. The summed E-state index contributed by atoms with van der Waals surface area (Å²) in [6.07, 6.45) is 1.53. The molecule has 3 aromatic carbocycles. The van der Waals surface area contributed by atoms with Gasteiger partial charge in [-0.25, -0.2) is 5.06 Å². The first-order chi connectivity index (χ1) is 17.5. The molecule has 1 fully saturated rings. The van der Waals surface area contributed by atoms with E-state index in [4.69, 9.17) is 14.0 Å². The maximum atomic E-state index is 12.3. The molecule has 7 heteroatoms. The van der Waals surface area contributed by atoms with Crippen molar-refractivity contribution in [3.8, 4) is 5.75 Å². The minimum atomic E-state index is -0.620. The summed E-state index contributed by atoms with van der Waals surface area (Å²) < 4.78 is 11.6. The van der Waals surface area contributed by atoms with Gasteiger partial charge in [0, 0.05) is 19.7 Å². The van der Waals surface area contributed by atoms with Crippen molar-refractivity contribution in [2.45, 2.75) is 24.9 Å². The van der Waals surface area contributed by atoms with E-state index in [1.807, 2.05) is 6.07 Å². The van der Waals surface area contributed by atoms with Crippen molar-refractivity contribution in [2.24, 2.45) is 0 Å². The van der Waals surface area contributed by atoms with Crippen LogP contribution in [0.1, 0.15) is 34.9 Å². The summed E-state index contributed by atoms with van der Waals surface area (Å²) in [7, 11) is 2.94. The molecule has 1 atom stereocenters. The fourth-order valence-electron chi connectivity index (χ4n) is 4.95. The number of β-amino-alcohol motifs (C(OH)–C–C–N with tert-alkyl or cyclic N) is 1. The SMILES string of the molecule is CON(C)C(=O)c1cc2c(OCC(O)CN3CCC(c4ccc5ccccc5c4)CC3)cccc2o1. The fourth-order valence-corrected chi connectivity index (χ4v) is 4.95. The van der Waals surface area contributed by atoms with E-state index in [0.717, 1.165) is 31.0 Å². The third kappa shape index (κ3) is 5.23. The Hall–Kier alpha value is -3.39. The second-order valence-electron chi connectivity index (χ2n) is 9.41. The van der Waals surface area contributed by atoms with Gasteiger partial charge in [0.2, 0.25) is 0 Å². The summed E-state index contributed by atoms with van der Waals surface area (Å²) >= 11 is 0. The van der Waals surface area contributed by atoms with E-state index in [0.29, 0.717) is 29.2 Å². The van der Waals surface area contributed by atoms with Crippen molar-refractivity contribution in [1.82, 2.24) is 9.96 Å². The van der Waals surface area contributed by atoms with Crippen molar-refractivity contribution in [1.29, 1.82) is 0 Å². The number of carbonyl (C=O) groups excluding carboxylic acids is 1. The highest BCUT2D eigenvalue weighted by atomic mass is 16.7. The monoisotopic (exact) mass is 488 g/mol. The Bertz CT molecular complexity index is 1340. The van der Waals surface area contributed by atoms with Crippen LogP contribution in [-0.4, -0.2) is 67.5 Å². The molecule has 188 valence electrons. The Balaban J connectivity index is 1.14. The topological polar surface area (TPSA) is 75.4 Å². The van der Waals surface area contributed by atoms with Gasteiger partial charge in [0.15, 0.2) is 5.76 Å². The Labute approximate surface area is 210 Å². The van der Waals surface area contributed by atoms with Gasteiger partial charge in [0.1, 0.15) is 24.0 Å². The van der Waals surface area contributed by atoms with Gasteiger partial charge in [-0.1, -0.05) is 48.5 Å². The standard InChI is InChI=1S/C29H32N2O5/c1-30(34-2)29(33)28-17-25-26(8-5-9-27(25)36-28)35-19-24(32)18-31-14-12-21(13-15-31)23-11-10-20-6-3-4-7-22(20)16-23/h3-11,16-17,21,24,32H,12-15,18-19H2,1-2H3. The minimum absolute atomic E-state index is 0.163. The van der Waals surface area contributed by atoms with Gasteiger partial charge < -0.3 is 19.2 Å². The van der Waals surface area contributed by atoms with Crippen LogP contribution in [0.25, 0.3) is 21.7 Å². The predicted molar refractivity (Wildman–Crippen MR) is 139 cm³/mol. The molecule has 1 aromatic heterocycles. The zero-order valence-corrected chi connectivity index (χ0v) is 20.7. The largest absolute Gasteiger partial charge is 0.490 e. The summed E-state index contributed by atoms with van der Waals surface area (Å²) in [6, 6.07) is 22.3. The van der Waals surface area contributed by atoms with Crippen molar-refractivity contribution in [2.75, 3.05) is 40.4 Å². The van der Waals surface area contributed by atoms with Gasteiger partial charge in [-0.15, -0.1) is 0 Å². The van der Waals surface area contributed by atoms with Crippen LogP contribution in [0.3, 0.4) is 0 Å². The number of carbonyl (C=O) groups is 1. The van der Waals surface area contributed by atoms with Crippen molar-refractivity contribution < 1.29 is 23.9 Å². The Kier molecular flexibility index (Phi) is 7.23. The van der Waals surface area contributed by atoms with E-state index >= 15 is 0 Å². The number of hydroxylamine groups is 2. The van der Waals surface area contributed by atoms with Gasteiger partial charge >= 0.3 is 5.91 Å². The Morgan fingerprint density at radius 1 is 1.08 bits per heavy atom. The average molecular weight is 489 g/mol. The van der Waals surface area contributed by atoms with Crippen LogP contribution in [0.5, 0.6) is 5.75 Å². The number of ether oxygens (including phenoxy) is 1. The van der Waals surface area contributed by atoms with Gasteiger partial charge in [0.25, 0.3) is 0 Å². The lowest BCUT2D eigenvalue weighted by Crippen LogP contribution is -2.40. The molecular weight excluding hydrogens is 456 g/mol. The molecule has 1 unspecified atom stereocenters. The lowest BCUT2D eigenvalue weighted by Gasteiger charge is -2.33. The molecule has 5 rings (SSSR count). The number of aliphatic hydroxyl groups is 1. The molecule has 1 aliphatic heterocycles. The maximum Gasteiger partial charge on any atom is 0.312 e. The lowest BCUT2D eigenvalue weighted by atomic mass is 9.88. The first-order valence-corrected chi connectivity index (χ1v) is 12.4. The normalized spacial score (nSPS) is 15.9. The number of rotatable bonds is 8. The number of furan rings is 1. The van der Waals surface area contributed by atoms with E-state index in [2.05, 4.69) is 47.4 Å². The van der Waals surface area contributed by atoms with Gasteiger partial charge in [0.05, 0.1) is 12.5 Å². The lowest BCUT2D eigenvalue weighted by molar-refractivity contribution is -0.0772. The number of piperidine rings is 1. The van der Waals surface area contributed by atoms with Crippen LogP contribution in [-0.2, 0) is 4.84 Å². The van der Waals surface area contributed by atoms with Crippen LogP contribution in [0, 0.1) is 0 Å². The number of nitrogens with zero attached hydrogens (tertiary/aromatic N) is 2. The molecule has 0 bridgehead atoms. The molecule has 1 amide bonds. The molecule has 1 aliphatic rings. The average Bonchev–Trinajstić information content (AvgIpc) is 3.36. The summed E-state index contributed by atoms with van der Waals surface area (Å²) in [5.41, 5.74) is 1.95. The highest BCUT2D eigenvalue weighted by Gasteiger charge is 2.23. The number of amides is 1. The molecular formula is C29H32N2O5. The number of aliphatic hydroxyl groups excluding tert-OH is 1. The zero-order chi connectivity index (χ0) is 25.1. The molecule has 1 N–H and O–H groups in total. The molecule has 1 saturated heterocycles. The van der Waals surface area contributed by atoms with E-state index < -0.39 is 6.10 Å². The van der Waals surface area contributed by atoms with Crippen LogP contribution in [0.15, 0.2) is 71.1 Å². The molecule has 2 heterocycles. The quantitative estimate of drug-likeness (QED) is 0.358. The number of hydrogen-bond acceptors (Lipinski definition) is 6. The van der Waals surface area contributed by atoms with Crippen LogP contribution >= 0.6 is 0 Å². The van der Waals surface area contributed by atoms with Gasteiger partial charge in [-0.2, -0.15) is 0 Å². The number of fused-ring (bicyclic) bond motifs is 2. The van der Waals surface area contributed by atoms with Crippen LogP contribution < -0.4 is 4.74 Å². The molecule has 4 aromatic rings. The van der Waals surface area contributed by atoms with Crippen LogP contribution in [0.2, 0.25) is 0 Å². The maximum absolute atomic E-state index is 12.3. The Morgan fingerprint density at radius 3 is 2.64 bits per heavy atom. The van der Waals surface area contributed by atoms with Gasteiger partial charge in [-0.3, -0.25) is 9.63 Å². The van der Waals surface area contributed by atoms with Crippen molar-refractivity contribution >= 4 is 27.6 Å². The predicted octanol–water partition coefficient (Wildman–Crippen LogP) is 4.84. The molecule has 0 saturated carbocycles. The van der Waals surface area contributed by atoms with E-state index in [-0.39, 0.29) is 18.3 Å². The fraction of sp³-hybridized carbons (Fsp3) is 0.345. The summed E-state index contributed by atoms with van der Waals surface area (Å²) in [6.45, 7) is 2.62.